The van der Waals surface area contributed by atoms with Crippen molar-refractivity contribution in [2.75, 3.05) is 30.3 Å². The SMILES string of the molecule is C/C=C\C(=O)Nc1ccnc(-c2cccc3cnc(Nc4cccnc4C4CNCCO4)nc23)c1. The number of nitrogens with one attached hydrogen (secondary N) is 3. The van der Waals surface area contributed by atoms with Crippen LogP contribution in [0.1, 0.15) is 18.7 Å². The van der Waals surface area contributed by atoms with E-state index in [0.29, 0.717) is 30.5 Å². The number of hydrogen-bond donors (Lipinski definition) is 3. The van der Waals surface area contributed by atoms with Crippen LogP contribution in [0, 0.1) is 0 Å². The maximum atomic E-state index is 12.0. The lowest BCUT2D eigenvalue weighted by Crippen LogP contribution is -2.34. The molecule has 1 aliphatic rings. The second-order valence-electron chi connectivity index (χ2n) is 7.98. The van der Waals surface area contributed by atoms with Gasteiger partial charge in [-0.15, -0.1) is 0 Å². The normalized spacial score (nSPS) is 15.9. The second-order valence-corrected chi connectivity index (χ2v) is 7.98. The minimum atomic E-state index is -0.194. The number of carbonyl (C=O) groups excluding carboxylic acids is 1. The number of pyridine rings is 2. The van der Waals surface area contributed by atoms with Gasteiger partial charge in [0.15, 0.2) is 0 Å². The number of anilines is 3. The first-order valence-corrected chi connectivity index (χ1v) is 11.4. The molecule has 1 saturated heterocycles. The quantitative estimate of drug-likeness (QED) is 0.365. The monoisotopic (exact) mass is 467 g/mol. The summed E-state index contributed by atoms with van der Waals surface area (Å²) in [5.74, 6) is 0.251. The Bertz CT molecular complexity index is 1380. The molecule has 176 valence electrons. The predicted molar refractivity (Wildman–Crippen MR) is 135 cm³/mol. The van der Waals surface area contributed by atoms with Gasteiger partial charge in [0.05, 0.1) is 29.2 Å². The van der Waals surface area contributed by atoms with Gasteiger partial charge in [-0.1, -0.05) is 24.3 Å². The first-order valence-electron chi connectivity index (χ1n) is 11.4. The maximum Gasteiger partial charge on any atom is 0.248 e. The van der Waals surface area contributed by atoms with Crippen molar-refractivity contribution >= 4 is 34.1 Å². The van der Waals surface area contributed by atoms with Gasteiger partial charge in [-0.05, 0) is 37.3 Å². The molecule has 1 amide bonds. The second kappa shape index (κ2) is 10.4. The van der Waals surface area contributed by atoms with Crippen LogP contribution in [0.2, 0.25) is 0 Å². The van der Waals surface area contributed by atoms with Gasteiger partial charge in [-0.2, -0.15) is 0 Å². The molecule has 0 saturated carbocycles. The van der Waals surface area contributed by atoms with Crippen LogP contribution in [0.3, 0.4) is 0 Å². The molecule has 1 aliphatic heterocycles. The molecule has 5 rings (SSSR count). The molecule has 1 aromatic carbocycles. The van der Waals surface area contributed by atoms with Crippen molar-refractivity contribution < 1.29 is 9.53 Å². The van der Waals surface area contributed by atoms with Gasteiger partial charge in [0.2, 0.25) is 11.9 Å². The molecular formula is C26H25N7O2. The lowest BCUT2D eigenvalue weighted by Gasteiger charge is -2.24. The number of para-hydroxylation sites is 1. The van der Waals surface area contributed by atoms with Crippen molar-refractivity contribution in [2.45, 2.75) is 13.0 Å². The third-order valence-electron chi connectivity index (χ3n) is 5.55. The molecule has 0 spiro atoms. The fourth-order valence-electron chi connectivity index (χ4n) is 3.95. The van der Waals surface area contributed by atoms with Gasteiger partial charge in [0.1, 0.15) is 6.10 Å². The largest absolute Gasteiger partial charge is 0.369 e. The zero-order valence-electron chi connectivity index (χ0n) is 19.2. The van der Waals surface area contributed by atoms with Gasteiger partial charge in [-0.25, -0.2) is 9.97 Å². The molecule has 4 aromatic rings. The molecular weight excluding hydrogens is 442 g/mol. The van der Waals surface area contributed by atoms with Crippen LogP contribution >= 0.6 is 0 Å². The van der Waals surface area contributed by atoms with E-state index in [2.05, 4.69) is 30.9 Å². The minimum absolute atomic E-state index is 0.145. The van der Waals surface area contributed by atoms with E-state index in [1.54, 1.807) is 37.7 Å². The summed E-state index contributed by atoms with van der Waals surface area (Å²) in [5.41, 5.74) is 4.54. The van der Waals surface area contributed by atoms with E-state index >= 15 is 0 Å². The third kappa shape index (κ3) is 5.16. The number of nitrogens with zero attached hydrogens (tertiary/aromatic N) is 4. The summed E-state index contributed by atoms with van der Waals surface area (Å²) in [7, 11) is 0. The van der Waals surface area contributed by atoms with Crippen molar-refractivity contribution in [3.8, 4) is 11.3 Å². The van der Waals surface area contributed by atoms with Crippen molar-refractivity contribution in [1.82, 2.24) is 25.3 Å². The molecule has 4 heterocycles. The summed E-state index contributed by atoms with van der Waals surface area (Å²) in [5, 5.41) is 10.4. The number of ether oxygens (including phenoxy) is 1. The highest BCUT2D eigenvalue weighted by Crippen LogP contribution is 2.30. The number of hydrogen-bond acceptors (Lipinski definition) is 8. The number of morpholine rings is 1. The Morgan fingerprint density at radius 3 is 2.94 bits per heavy atom. The van der Waals surface area contributed by atoms with Gasteiger partial charge >= 0.3 is 0 Å². The summed E-state index contributed by atoms with van der Waals surface area (Å²) < 4.78 is 5.90. The number of amides is 1. The fraction of sp³-hybridized carbons (Fsp3) is 0.192. The van der Waals surface area contributed by atoms with E-state index < -0.39 is 0 Å². The van der Waals surface area contributed by atoms with Gasteiger partial charge in [0.25, 0.3) is 0 Å². The van der Waals surface area contributed by atoms with Crippen molar-refractivity contribution in [3.63, 3.8) is 0 Å². The highest BCUT2D eigenvalue weighted by atomic mass is 16.5. The van der Waals surface area contributed by atoms with Crippen LogP contribution in [0.25, 0.3) is 22.2 Å². The zero-order chi connectivity index (χ0) is 24.0. The summed E-state index contributed by atoms with van der Waals surface area (Å²) in [6.07, 6.45) is 8.22. The number of carbonyl (C=O) groups is 1. The topological polar surface area (TPSA) is 114 Å². The minimum Gasteiger partial charge on any atom is -0.369 e. The van der Waals surface area contributed by atoms with Gasteiger partial charge < -0.3 is 20.7 Å². The van der Waals surface area contributed by atoms with E-state index in [0.717, 1.165) is 34.4 Å². The molecule has 9 heteroatoms. The van der Waals surface area contributed by atoms with Crippen LogP contribution in [0.5, 0.6) is 0 Å². The van der Waals surface area contributed by atoms with Crippen molar-refractivity contribution in [3.05, 3.63) is 78.9 Å². The Balaban J connectivity index is 1.48. The molecule has 0 bridgehead atoms. The molecule has 1 unspecified atom stereocenters. The summed E-state index contributed by atoms with van der Waals surface area (Å²) >= 11 is 0. The van der Waals surface area contributed by atoms with Gasteiger partial charge in [0, 0.05) is 48.3 Å². The average Bonchev–Trinajstić information content (AvgIpc) is 2.89. The van der Waals surface area contributed by atoms with Crippen LogP contribution in [0.15, 0.2) is 73.2 Å². The summed E-state index contributed by atoms with van der Waals surface area (Å²) in [6.45, 7) is 3.96. The number of benzene rings is 1. The molecule has 0 aliphatic carbocycles. The average molecular weight is 468 g/mol. The standard InChI is InChI=1S/C26H25N7O2/c1-2-5-23(34)31-18-9-11-28-21(14-18)19-7-3-6-17-15-30-26(33-24(17)19)32-20-8-4-10-29-25(20)22-16-27-12-13-35-22/h2-11,14-15,22,27H,12-13,16H2,1H3,(H,28,31,34)(H,30,32,33)/b5-2-. The van der Waals surface area contributed by atoms with Crippen molar-refractivity contribution in [2.24, 2.45) is 0 Å². The smallest absolute Gasteiger partial charge is 0.248 e. The van der Waals surface area contributed by atoms with E-state index in [1.165, 1.54) is 6.08 Å². The van der Waals surface area contributed by atoms with E-state index in [1.807, 2.05) is 36.4 Å². The number of fused-ring (bicyclic) bond motifs is 1. The summed E-state index contributed by atoms with van der Waals surface area (Å²) in [4.78, 5) is 30.3. The Morgan fingerprint density at radius 1 is 1.14 bits per heavy atom. The van der Waals surface area contributed by atoms with Crippen LogP contribution in [-0.4, -0.2) is 45.5 Å². The first kappa shape index (κ1) is 22.6. The Kier molecular flexibility index (Phi) is 6.69. The lowest BCUT2D eigenvalue weighted by atomic mass is 10.1. The zero-order valence-corrected chi connectivity index (χ0v) is 19.2. The van der Waals surface area contributed by atoms with Crippen LogP contribution in [0.4, 0.5) is 17.3 Å². The Labute approximate surface area is 202 Å². The fourth-order valence-corrected chi connectivity index (χ4v) is 3.95. The van der Waals surface area contributed by atoms with E-state index in [9.17, 15) is 4.79 Å². The molecule has 35 heavy (non-hydrogen) atoms. The number of allylic oxidation sites excluding steroid dienone is 1. The molecule has 3 N–H and O–H groups in total. The third-order valence-corrected chi connectivity index (χ3v) is 5.55. The number of rotatable bonds is 6. The first-order chi connectivity index (χ1) is 17.2. The molecule has 9 nitrogen and oxygen atoms in total. The Morgan fingerprint density at radius 2 is 2.09 bits per heavy atom. The molecule has 1 atom stereocenters. The van der Waals surface area contributed by atoms with Gasteiger partial charge in [-0.3, -0.25) is 14.8 Å². The molecule has 0 radical (unpaired) electrons. The van der Waals surface area contributed by atoms with Crippen LogP contribution < -0.4 is 16.0 Å². The Hall–Kier alpha value is -4.21. The summed E-state index contributed by atoms with van der Waals surface area (Å²) in [6, 6.07) is 13.2. The van der Waals surface area contributed by atoms with E-state index in [-0.39, 0.29) is 12.0 Å². The maximum absolute atomic E-state index is 12.0. The molecule has 1 fully saturated rings. The highest BCUT2D eigenvalue weighted by Gasteiger charge is 2.21. The van der Waals surface area contributed by atoms with Crippen molar-refractivity contribution in [1.29, 1.82) is 0 Å². The lowest BCUT2D eigenvalue weighted by molar-refractivity contribution is -0.111. The number of aromatic nitrogens is 4. The predicted octanol–water partition coefficient (Wildman–Crippen LogP) is 4.01. The van der Waals surface area contributed by atoms with Crippen LogP contribution in [-0.2, 0) is 9.53 Å². The van der Waals surface area contributed by atoms with E-state index in [4.69, 9.17) is 9.72 Å². The molecule has 3 aromatic heterocycles. The highest BCUT2D eigenvalue weighted by molar-refractivity contribution is 6.00.